The molecule has 8 heteroatoms. The molecule has 0 aromatic carbocycles. The third-order valence-electron chi connectivity index (χ3n) is 1.95. The lowest BCUT2D eigenvalue weighted by atomic mass is 10.2. The Hall–Kier alpha value is -2.51. The van der Waals surface area contributed by atoms with Crippen molar-refractivity contribution < 1.29 is 18.8 Å². The second-order valence-electron chi connectivity index (χ2n) is 3.46. The Morgan fingerprint density at radius 2 is 1.78 bits per heavy atom. The highest BCUT2D eigenvalue weighted by molar-refractivity contribution is 5.98. The van der Waals surface area contributed by atoms with Crippen molar-refractivity contribution in [1.29, 1.82) is 0 Å². The second-order valence-corrected chi connectivity index (χ2v) is 3.46. The molecule has 0 saturated carbocycles. The first-order valence-corrected chi connectivity index (χ1v) is 4.87. The van der Waals surface area contributed by atoms with Gasteiger partial charge in [-0.3, -0.25) is 14.4 Å². The molecule has 0 saturated heterocycles. The minimum atomic E-state index is -0.848. The molecule has 96 valence electrons. The topological polar surface area (TPSA) is 119 Å². The lowest BCUT2D eigenvalue weighted by Crippen LogP contribution is -2.43. The SMILES string of the molecule is NC(=O)CN(CC(N)=O)C(=O)c1ccnc(F)c1. The maximum absolute atomic E-state index is 12.9. The van der Waals surface area contributed by atoms with Crippen molar-refractivity contribution in [1.82, 2.24) is 9.88 Å². The average Bonchev–Trinajstić information content (AvgIpc) is 2.26. The van der Waals surface area contributed by atoms with Crippen molar-refractivity contribution in [3.8, 4) is 0 Å². The maximum Gasteiger partial charge on any atom is 0.255 e. The number of nitrogens with zero attached hydrogens (tertiary/aromatic N) is 2. The van der Waals surface area contributed by atoms with Crippen LogP contribution < -0.4 is 11.5 Å². The van der Waals surface area contributed by atoms with E-state index in [1.54, 1.807) is 0 Å². The van der Waals surface area contributed by atoms with Gasteiger partial charge in [-0.1, -0.05) is 0 Å². The van der Waals surface area contributed by atoms with Gasteiger partial charge in [-0.25, -0.2) is 4.98 Å². The van der Waals surface area contributed by atoms with E-state index >= 15 is 0 Å². The molecule has 3 amide bonds. The van der Waals surface area contributed by atoms with Crippen molar-refractivity contribution in [3.05, 3.63) is 29.8 Å². The van der Waals surface area contributed by atoms with Crippen LogP contribution in [0.5, 0.6) is 0 Å². The maximum atomic E-state index is 12.9. The van der Waals surface area contributed by atoms with Crippen LogP contribution in [0.1, 0.15) is 10.4 Å². The van der Waals surface area contributed by atoms with E-state index < -0.39 is 36.8 Å². The number of pyridine rings is 1. The van der Waals surface area contributed by atoms with Gasteiger partial charge < -0.3 is 16.4 Å². The number of hydrogen-bond acceptors (Lipinski definition) is 4. The first-order chi connectivity index (χ1) is 8.40. The van der Waals surface area contributed by atoms with Crippen molar-refractivity contribution in [2.24, 2.45) is 11.5 Å². The molecule has 1 heterocycles. The van der Waals surface area contributed by atoms with Crippen molar-refractivity contribution in [2.45, 2.75) is 0 Å². The van der Waals surface area contributed by atoms with Gasteiger partial charge in [0.2, 0.25) is 17.8 Å². The minimum absolute atomic E-state index is 0.0509. The van der Waals surface area contributed by atoms with Gasteiger partial charge in [0.05, 0.1) is 0 Å². The lowest BCUT2D eigenvalue weighted by Gasteiger charge is -2.19. The summed E-state index contributed by atoms with van der Waals surface area (Å²) in [6.07, 6.45) is 1.09. The average molecular weight is 254 g/mol. The molecular formula is C10H11FN4O3. The number of aromatic nitrogens is 1. The van der Waals surface area contributed by atoms with E-state index in [1.807, 2.05) is 0 Å². The zero-order valence-corrected chi connectivity index (χ0v) is 9.30. The predicted molar refractivity (Wildman–Crippen MR) is 58.5 cm³/mol. The van der Waals surface area contributed by atoms with Crippen LogP contribution in [-0.2, 0) is 9.59 Å². The van der Waals surface area contributed by atoms with E-state index in [2.05, 4.69) is 4.98 Å². The molecule has 18 heavy (non-hydrogen) atoms. The van der Waals surface area contributed by atoms with E-state index in [0.29, 0.717) is 0 Å². The quantitative estimate of drug-likeness (QED) is 0.630. The fourth-order valence-corrected chi connectivity index (χ4v) is 1.29. The summed E-state index contributed by atoms with van der Waals surface area (Å²) in [5.74, 6) is -3.19. The van der Waals surface area contributed by atoms with E-state index in [9.17, 15) is 18.8 Å². The zero-order valence-electron chi connectivity index (χ0n) is 9.30. The molecule has 0 unspecified atom stereocenters. The highest BCUT2D eigenvalue weighted by Crippen LogP contribution is 2.05. The third-order valence-corrected chi connectivity index (χ3v) is 1.95. The van der Waals surface area contributed by atoms with Gasteiger partial charge in [-0.05, 0) is 6.07 Å². The predicted octanol–water partition coefficient (Wildman–Crippen LogP) is -1.37. The minimum Gasteiger partial charge on any atom is -0.368 e. The highest BCUT2D eigenvalue weighted by Gasteiger charge is 2.20. The fraction of sp³-hybridized carbons (Fsp3) is 0.200. The van der Waals surface area contributed by atoms with Crippen LogP contribution in [0.25, 0.3) is 0 Å². The van der Waals surface area contributed by atoms with Crippen LogP contribution in [0, 0.1) is 5.95 Å². The van der Waals surface area contributed by atoms with E-state index in [0.717, 1.165) is 17.2 Å². The standard InChI is InChI=1S/C10H11FN4O3/c11-7-3-6(1-2-14-7)10(18)15(4-8(12)16)5-9(13)17/h1-3H,4-5H2,(H2,12,16)(H2,13,17). The number of carbonyl (C=O) groups is 3. The normalized spacial score (nSPS) is 9.83. The summed E-state index contributed by atoms with van der Waals surface area (Å²) in [7, 11) is 0. The summed E-state index contributed by atoms with van der Waals surface area (Å²) in [5.41, 5.74) is 9.84. The van der Waals surface area contributed by atoms with Gasteiger partial charge >= 0.3 is 0 Å². The molecule has 0 fully saturated rings. The van der Waals surface area contributed by atoms with Gasteiger partial charge in [0.1, 0.15) is 13.1 Å². The van der Waals surface area contributed by atoms with Crippen LogP contribution in [-0.4, -0.2) is 40.7 Å². The van der Waals surface area contributed by atoms with Crippen LogP contribution in [0.3, 0.4) is 0 Å². The smallest absolute Gasteiger partial charge is 0.255 e. The van der Waals surface area contributed by atoms with Gasteiger partial charge in [0.15, 0.2) is 0 Å². The molecule has 0 bridgehead atoms. The summed E-state index contributed by atoms with van der Waals surface area (Å²) in [5, 5.41) is 0. The van der Waals surface area contributed by atoms with Gasteiger partial charge in [0, 0.05) is 17.8 Å². The number of rotatable bonds is 5. The summed E-state index contributed by atoms with van der Waals surface area (Å²) in [6.45, 7) is -0.961. The van der Waals surface area contributed by atoms with Crippen LogP contribution >= 0.6 is 0 Å². The summed E-state index contributed by atoms with van der Waals surface area (Å²) >= 11 is 0. The second kappa shape index (κ2) is 5.71. The number of carbonyl (C=O) groups excluding carboxylic acids is 3. The molecule has 1 aromatic heterocycles. The molecule has 0 radical (unpaired) electrons. The molecule has 0 aliphatic rings. The molecule has 0 atom stereocenters. The summed E-state index contributed by atoms with van der Waals surface area (Å²) in [4.78, 5) is 37.6. The molecule has 4 N–H and O–H groups in total. The number of amides is 3. The van der Waals surface area contributed by atoms with Crippen molar-refractivity contribution >= 4 is 17.7 Å². The lowest BCUT2D eigenvalue weighted by molar-refractivity contribution is -0.121. The zero-order chi connectivity index (χ0) is 13.7. The molecule has 0 aliphatic carbocycles. The number of primary amides is 2. The Balaban J connectivity index is 2.94. The number of hydrogen-bond donors (Lipinski definition) is 2. The van der Waals surface area contributed by atoms with Crippen molar-refractivity contribution in [3.63, 3.8) is 0 Å². The molecule has 0 aliphatic heterocycles. The Labute approximate surface area is 102 Å². The van der Waals surface area contributed by atoms with Gasteiger partial charge in [-0.15, -0.1) is 0 Å². The van der Waals surface area contributed by atoms with Gasteiger partial charge in [0.25, 0.3) is 5.91 Å². The molecule has 1 rings (SSSR count). The molecule has 0 spiro atoms. The molecular weight excluding hydrogens is 243 g/mol. The Morgan fingerprint density at radius 1 is 1.22 bits per heavy atom. The highest BCUT2D eigenvalue weighted by atomic mass is 19.1. The summed E-state index contributed by atoms with van der Waals surface area (Å²) < 4.78 is 12.9. The molecule has 7 nitrogen and oxygen atoms in total. The fourth-order valence-electron chi connectivity index (χ4n) is 1.29. The van der Waals surface area contributed by atoms with Crippen molar-refractivity contribution in [2.75, 3.05) is 13.1 Å². The largest absolute Gasteiger partial charge is 0.368 e. The Bertz CT molecular complexity index is 476. The first kappa shape index (κ1) is 13.6. The summed E-state index contributed by atoms with van der Waals surface area (Å²) in [6, 6.07) is 2.14. The number of halogens is 1. The Kier molecular flexibility index (Phi) is 4.30. The van der Waals surface area contributed by atoms with E-state index in [4.69, 9.17) is 11.5 Å². The van der Waals surface area contributed by atoms with Crippen LogP contribution in [0.2, 0.25) is 0 Å². The van der Waals surface area contributed by atoms with Gasteiger partial charge in [-0.2, -0.15) is 4.39 Å². The molecule has 1 aromatic rings. The Morgan fingerprint density at radius 3 is 2.22 bits per heavy atom. The van der Waals surface area contributed by atoms with Crippen LogP contribution in [0.4, 0.5) is 4.39 Å². The van der Waals surface area contributed by atoms with E-state index in [1.165, 1.54) is 6.07 Å². The van der Waals surface area contributed by atoms with Crippen LogP contribution in [0.15, 0.2) is 18.3 Å². The number of nitrogens with two attached hydrogens (primary N) is 2. The van der Waals surface area contributed by atoms with E-state index in [-0.39, 0.29) is 5.56 Å². The first-order valence-electron chi connectivity index (χ1n) is 4.87. The monoisotopic (exact) mass is 254 g/mol. The third kappa shape index (κ3) is 3.81.